The molecule has 1 unspecified atom stereocenters. The number of rotatable bonds is 0. The van der Waals surface area contributed by atoms with Crippen LogP contribution in [0.1, 0.15) is 59.1 Å². The first-order chi connectivity index (χ1) is 10.8. The molecule has 0 spiro atoms. The van der Waals surface area contributed by atoms with E-state index in [0.29, 0.717) is 5.92 Å². The summed E-state index contributed by atoms with van der Waals surface area (Å²) in [6, 6.07) is 22.1. The van der Waals surface area contributed by atoms with Gasteiger partial charge in [0.15, 0.2) is 0 Å². The van der Waals surface area contributed by atoms with Gasteiger partial charge in [0.2, 0.25) is 0 Å². The number of hydrogen-bond donors (Lipinski definition) is 0. The van der Waals surface area contributed by atoms with E-state index >= 15 is 0 Å². The Morgan fingerprint density at radius 1 is 0.609 bits per heavy atom. The number of fused-ring (bicyclic) bond motifs is 4. The average molecular weight is 306 g/mol. The summed E-state index contributed by atoms with van der Waals surface area (Å²) in [6.07, 6.45) is 0. The second-order valence-electron chi connectivity index (χ2n) is 5.10. The van der Waals surface area contributed by atoms with Crippen molar-refractivity contribution in [3.63, 3.8) is 0 Å². The van der Waals surface area contributed by atoms with Gasteiger partial charge >= 0.3 is 0 Å². The Morgan fingerprint density at radius 3 is 1.78 bits per heavy atom. The third-order valence-corrected chi connectivity index (χ3v) is 4.10. The lowest BCUT2D eigenvalue weighted by molar-refractivity contribution is 0.959. The van der Waals surface area contributed by atoms with Crippen molar-refractivity contribution in [1.29, 1.82) is 0 Å². The van der Waals surface area contributed by atoms with Gasteiger partial charge in [0.05, 0.1) is 0 Å². The summed E-state index contributed by atoms with van der Waals surface area (Å²) in [7, 11) is 0. The molecule has 0 radical (unpaired) electrons. The molecule has 0 fully saturated rings. The minimum Gasteiger partial charge on any atom is -0.0776 e. The van der Waals surface area contributed by atoms with Gasteiger partial charge in [-0.25, -0.2) is 0 Å². The molecule has 1 aliphatic carbocycles. The van der Waals surface area contributed by atoms with E-state index in [2.05, 4.69) is 67.6 Å². The van der Waals surface area contributed by atoms with Crippen LogP contribution >= 0.6 is 0 Å². The molecule has 3 aromatic rings. The highest BCUT2D eigenvalue weighted by atomic mass is 14.3. The Labute approximate surface area is 142 Å². The average Bonchev–Trinajstić information content (AvgIpc) is 2.89. The fourth-order valence-corrected chi connectivity index (χ4v) is 3.14. The molecule has 0 bridgehead atoms. The van der Waals surface area contributed by atoms with Gasteiger partial charge in [-0.05, 0) is 45.2 Å². The first-order valence-electron chi connectivity index (χ1n) is 8.46. The van der Waals surface area contributed by atoms with Crippen LogP contribution in [0.15, 0.2) is 60.7 Å². The van der Waals surface area contributed by atoms with E-state index in [4.69, 9.17) is 0 Å². The van der Waals surface area contributed by atoms with Crippen molar-refractivity contribution >= 4 is 10.8 Å². The van der Waals surface area contributed by atoms with Crippen molar-refractivity contribution in [2.45, 2.75) is 48.0 Å². The van der Waals surface area contributed by atoms with Gasteiger partial charge in [0.1, 0.15) is 0 Å². The maximum atomic E-state index is 2.36. The predicted octanol–water partition coefficient (Wildman–Crippen LogP) is 7.66. The maximum Gasteiger partial charge on any atom is 0.00735 e. The van der Waals surface area contributed by atoms with E-state index in [-0.39, 0.29) is 7.43 Å². The Balaban J connectivity index is 0.000000494. The summed E-state index contributed by atoms with van der Waals surface area (Å²) in [5.41, 5.74) is 5.75. The van der Waals surface area contributed by atoms with Gasteiger partial charge in [-0.15, -0.1) is 0 Å². The Hall–Kier alpha value is -2.08. The first kappa shape index (κ1) is 19.0. The molecule has 122 valence electrons. The molecule has 0 heteroatoms. The highest BCUT2D eigenvalue weighted by Crippen LogP contribution is 2.45. The van der Waals surface area contributed by atoms with Crippen molar-refractivity contribution in [2.24, 2.45) is 0 Å². The monoisotopic (exact) mass is 306 g/mol. The lowest BCUT2D eigenvalue weighted by Crippen LogP contribution is -1.89. The van der Waals surface area contributed by atoms with Crippen molar-refractivity contribution in [1.82, 2.24) is 0 Å². The molecule has 0 aromatic heterocycles. The summed E-state index contributed by atoms with van der Waals surface area (Å²) in [5.74, 6) is 0.515. The van der Waals surface area contributed by atoms with Gasteiger partial charge in [-0.2, -0.15) is 0 Å². The lowest BCUT2D eigenvalue weighted by Gasteiger charge is -2.07. The fourth-order valence-electron chi connectivity index (χ4n) is 3.14. The topological polar surface area (TPSA) is 0 Å². The number of hydrogen-bond acceptors (Lipinski definition) is 0. The second-order valence-corrected chi connectivity index (χ2v) is 5.10. The first-order valence-corrected chi connectivity index (χ1v) is 8.46. The van der Waals surface area contributed by atoms with E-state index in [9.17, 15) is 0 Å². The Kier molecular flexibility index (Phi) is 7.03. The molecule has 0 heterocycles. The minimum absolute atomic E-state index is 0. The van der Waals surface area contributed by atoms with E-state index in [0.717, 1.165) is 0 Å². The normalized spacial score (nSPS) is 13.5. The van der Waals surface area contributed by atoms with Crippen LogP contribution in [0.3, 0.4) is 0 Å². The highest BCUT2D eigenvalue weighted by molar-refractivity contribution is 5.92. The molecule has 0 amide bonds. The maximum absolute atomic E-state index is 2.36. The van der Waals surface area contributed by atoms with Gasteiger partial charge in [0.25, 0.3) is 0 Å². The van der Waals surface area contributed by atoms with Crippen molar-refractivity contribution in [3.8, 4) is 11.1 Å². The minimum atomic E-state index is 0. The zero-order valence-corrected chi connectivity index (χ0v) is 14.4. The summed E-state index contributed by atoms with van der Waals surface area (Å²) < 4.78 is 0. The zero-order chi connectivity index (χ0) is 16.1. The van der Waals surface area contributed by atoms with Gasteiger partial charge in [-0.3, -0.25) is 0 Å². The second kappa shape index (κ2) is 8.53. The summed E-state index contributed by atoms with van der Waals surface area (Å²) >= 11 is 0. The third-order valence-electron chi connectivity index (χ3n) is 4.10. The molecule has 1 atom stereocenters. The van der Waals surface area contributed by atoms with Crippen LogP contribution in [0.4, 0.5) is 0 Å². The van der Waals surface area contributed by atoms with E-state index in [1.807, 2.05) is 27.7 Å². The van der Waals surface area contributed by atoms with Crippen LogP contribution in [-0.4, -0.2) is 0 Å². The van der Waals surface area contributed by atoms with Crippen LogP contribution in [-0.2, 0) is 0 Å². The summed E-state index contributed by atoms with van der Waals surface area (Å²) in [6.45, 7) is 10.3. The molecule has 0 aliphatic heterocycles. The fraction of sp³-hybridized carbons (Fsp3) is 0.304. The third kappa shape index (κ3) is 3.32. The van der Waals surface area contributed by atoms with Crippen molar-refractivity contribution in [3.05, 3.63) is 71.8 Å². The zero-order valence-electron chi connectivity index (χ0n) is 14.4. The number of benzene rings is 3. The van der Waals surface area contributed by atoms with Gasteiger partial charge in [-0.1, -0.05) is 90.6 Å². The van der Waals surface area contributed by atoms with Crippen molar-refractivity contribution < 1.29 is 0 Å². The summed E-state index contributed by atoms with van der Waals surface area (Å²) in [5, 5.41) is 2.68. The van der Waals surface area contributed by atoms with Crippen molar-refractivity contribution in [2.75, 3.05) is 0 Å². The van der Waals surface area contributed by atoms with Gasteiger partial charge < -0.3 is 0 Å². The van der Waals surface area contributed by atoms with Crippen LogP contribution in [0.5, 0.6) is 0 Å². The molecule has 0 nitrogen and oxygen atoms in total. The van der Waals surface area contributed by atoms with Crippen LogP contribution in [0.2, 0.25) is 0 Å². The molecular formula is C23H30. The molecule has 0 saturated heterocycles. The van der Waals surface area contributed by atoms with E-state index < -0.39 is 0 Å². The predicted molar refractivity (Wildman–Crippen MR) is 106 cm³/mol. The van der Waals surface area contributed by atoms with Crippen LogP contribution < -0.4 is 0 Å². The van der Waals surface area contributed by atoms with Crippen LogP contribution in [0, 0.1) is 0 Å². The standard InChI is InChI=1S/C18H14.2C2H6.CH4/c1-12-15-8-4-5-9-16(15)18-11-14-7-3-2-6-13(14)10-17(12)18;2*1-2;/h2-12H,1H3;2*1-2H3;1H4. The summed E-state index contributed by atoms with van der Waals surface area (Å²) in [4.78, 5) is 0. The quantitative estimate of drug-likeness (QED) is 0.400. The molecular weight excluding hydrogens is 276 g/mol. The molecule has 0 saturated carbocycles. The lowest BCUT2D eigenvalue weighted by atomic mass is 9.97. The largest absolute Gasteiger partial charge is 0.0776 e. The highest BCUT2D eigenvalue weighted by Gasteiger charge is 2.24. The Bertz CT molecular complexity index is 753. The van der Waals surface area contributed by atoms with Crippen LogP contribution in [0.25, 0.3) is 21.9 Å². The molecule has 4 rings (SSSR count). The SMILES string of the molecule is C.CC.CC.CC1c2ccccc2-c2cc3ccccc3cc21. The molecule has 0 N–H and O–H groups in total. The smallest absolute Gasteiger partial charge is 0.00735 e. The molecule has 23 heavy (non-hydrogen) atoms. The van der Waals surface area contributed by atoms with E-state index in [1.165, 1.54) is 33.0 Å². The van der Waals surface area contributed by atoms with Gasteiger partial charge in [0, 0.05) is 5.92 Å². The Morgan fingerprint density at radius 2 is 1.13 bits per heavy atom. The molecule has 3 aromatic carbocycles. The molecule has 1 aliphatic rings. The van der Waals surface area contributed by atoms with E-state index in [1.54, 1.807) is 0 Å².